The maximum Gasteiger partial charge on any atom is 0.108 e. The third-order valence-corrected chi connectivity index (χ3v) is 4.44. The summed E-state index contributed by atoms with van der Waals surface area (Å²) in [6.07, 6.45) is 0.977. The zero-order valence-corrected chi connectivity index (χ0v) is 15.6. The van der Waals surface area contributed by atoms with Crippen molar-refractivity contribution >= 4 is 0 Å². The number of nitrogens with one attached hydrogen (secondary N) is 1. The van der Waals surface area contributed by atoms with Gasteiger partial charge >= 0.3 is 0 Å². The summed E-state index contributed by atoms with van der Waals surface area (Å²) in [5.41, 5.74) is 4.33. The molecule has 4 heteroatoms. The fraction of sp³-hybridized carbons (Fsp3) is 0.261. The fourth-order valence-corrected chi connectivity index (χ4v) is 3.01. The molecular formula is C23H26N2O2. The van der Waals surface area contributed by atoms with Gasteiger partial charge in [0.15, 0.2) is 0 Å². The lowest BCUT2D eigenvalue weighted by Gasteiger charge is -2.22. The van der Waals surface area contributed by atoms with Crippen molar-refractivity contribution in [2.75, 3.05) is 13.2 Å². The van der Waals surface area contributed by atoms with Gasteiger partial charge in [-0.1, -0.05) is 60.7 Å². The molecule has 0 bridgehead atoms. The molecule has 3 rings (SSSR count). The lowest BCUT2D eigenvalue weighted by Crippen LogP contribution is -2.31. The maximum atomic E-state index is 10.3. The third-order valence-electron chi connectivity index (χ3n) is 4.44. The van der Waals surface area contributed by atoms with Crippen LogP contribution in [0.5, 0.6) is 0 Å². The first-order valence-electron chi connectivity index (χ1n) is 9.25. The first-order valence-corrected chi connectivity index (χ1v) is 9.25. The molecular weight excluding hydrogens is 336 g/mol. The van der Waals surface area contributed by atoms with Gasteiger partial charge in [0.1, 0.15) is 6.10 Å². The molecule has 2 atom stereocenters. The predicted molar refractivity (Wildman–Crippen MR) is 107 cm³/mol. The number of hydrogen-bond donors (Lipinski definition) is 2. The minimum Gasteiger partial charge on any atom is -0.389 e. The van der Waals surface area contributed by atoms with Crippen molar-refractivity contribution < 1.29 is 9.84 Å². The summed E-state index contributed by atoms with van der Waals surface area (Å²) in [6.45, 7) is 3.41. The van der Waals surface area contributed by atoms with Crippen LogP contribution >= 0.6 is 0 Å². The molecule has 0 aliphatic rings. The molecule has 0 unspecified atom stereocenters. The van der Waals surface area contributed by atoms with Gasteiger partial charge in [-0.15, -0.1) is 0 Å². The number of nitrogens with zero attached hydrogens (tertiary/aromatic N) is 1. The highest BCUT2D eigenvalue weighted by Crippen LogP contribution is 2.28. The number of aryl methyl sites for hydroxylation is 1. The van der Waals surface area contributed by atoms with Crippen LogP contribution in [0, 0.1) is 6.92 Å². The van der Waals surface area contributed by atoms with Gasteiger partial charge in [0.05, 0.1) is 18.4 Å². The summed E-state index contributed by atoms with van der Waals surface area (Å²) in [4.78, 5) is 4.26. The van der Waals surface area contributed by atoms with Gasteiger partial charge in [0, 0.05) is 19.3 Å². The predicted octanol–water partition coefficient (Wildman–Crippen LogP) is 3.65. The molecule has 0 aliphatic heterocycles. The molecule has 2 aromatic carbocycles. The van der Waals surface area contributed by atoms with E-state index in [1.54, 1.807) is 6.20 Å². The van der Waals surface area contributed by atoms with Crippen molar-refractivity contribution in [2.24, 2.45) is 0 Å². The van der Waals surface area contributed by atoms with Gasteiger partial charge < -0.3 is 15.2 Å². The Morgan fingerprint density at radius 3 is 2.44 bits per heavy atom. The van der Waals surface area contributed by atoms with E-state index in [2.05, 4.69) is 41.5 Å². The summed E-state index contributed by atoms with van der Waals surface area (Å²) in [6, 6.07) is 24.1. The van der Waals surface area contributed by atoms with E-state index < -0.39 is 6.10 Å². The molecule has 2 N–H and O–H groups in total. The van der Waals surface area contributed by atoms with E-state index >= 15 is 0 Å². The Labute approximate surface area is 160 Å². The zero-order chi connectivity index (χ0) is 18.9. The van der Waals surface area contributed by atoms with E-state index in [9.17, 15) is 5.11 Å². The number of aromatic nitrogens is 1. The topological polar surface area (TPSA) is 54.4 Å². The second-order valence-corrected chi connectivity index (χ2v) is 6.59. The van der Waals surface area contributed by atoms with Crippen molar-refractivity contribution in [3.05, 3.63) is 101 Å². The number of hydrogen-bond acceptors (Lipinski definition) is 4. The largest absolute Gasteiger partial charge is 0.389 e. The lowest BCUT2D eigenvalue weighted by molar-refractivity contribution is 0.00625. The van der Waals surface area contributed by atoms with Crippen LogP contribution in [0.25, 0.3) is 0 Å². The van der Waals surface area contributed by atoms with Gasteiger partial charge in [-0.05, 0) is 35.7 Å². The first-order chi connectivity index (χ1) is 13.2. The maximum absolute atomic E-state index is 10.3. The van der Waals surface area contributed by atoms with Crippen LogP contribution in [0.4, 0.5) is 0 Å². The van der Waals surface area contributed by atoms with Crippen LogP contribution < -0.4 is 5.32 Å². The fourth-order valence-electron chi connectivity index (χ4n) is 3.01. The number of aliphatic hydroxyl groups is 1. The molecule has 0 amide bonds. The molecule has 3 aromatic rings. The van der Waals surface area contributed by atoms with Gasteiger partial charge in [0.25, 0.3) is 0 Å². The number of benzene rings is 2. The summed E-state index contributed by atoms with van der Waals surface area (Å²) >= 11 is 0. The Morgan fingerprint density at radius 2 is 1.70 bits per heavy atom. The number of ether oxygens (including phenoxy) is 1. The Hall–Kier alpha value is -2.53. The normalized spacial score (nSPS) is 13.3. The molecule has 140 valence electrons. The molecule has 4 nitrogen and oxygen atoms in total. The lowest BCUT2D eigenvalue weighted by atomic mass is 9.97. The standard InChI is InChI=1S/C23H26N2O2/c1-18-9-5-6-13-22(18)23(19-10-3-2-4-11-19)27-17-21(26)16-24-15-20-12-7-8-14-25-20/h2-14,21,23-24,26H,15-17H2,1H3/t21-,23+/m0/s1. The second-order valence-electron chi connectivity index (χ2n) is 6.59. The second kappa shape index (κ2) is 9.97. The highest BCUT2D eigenvalue weighted by Gasteiger charge is 2.18. The average Bonchev–Trinajstić information content (AvgIpc) is 2.71. The van der Waals surface area contributed by atoms with E-state index in [4.69, 9.17) is 4.74 Å². The molecule has 0 saturated carbocycles. The third kappa shape index (κ3) is 5.73. The Morgan fingerprint density at radius 1 is 0.963 bits per heavy atom. The molecule has 0 aliphatic carbocycles. The Bertz CT molecular complexity index is 809. The van der Waals surface area contributed by atoms with Crippen molar-refractivity contribution in [3.8, 4) is 0 Å². The SMILES string of the molecule is Cc1ccccc1[C@H](OC[C@@H](O)CNCc1ccccn1)c1ccccc1. The van der Waals surface area contributed by atoms with Crippen LogP contribution in [0.15, 0.2) is 79.0 Å². The molecule has 27 heavy (non-hydrogen) atoms. The van der Waals surface area contributed by atoms with E-state index in [0.717, 1.165) is 16.8 Å². The monoisotopic (exact) mass is 362 g/mol. The summed E-state index contributed by atoms with van der Waals surface area (Å²) < 4.78 is 6.15. The molecule has 1 aromatic heterocycles. The van der Waals surface area contributed by atoms with Crippen molar-refractivity contribution in [1.82, 2.24) is 10.3 Å². The van der Waals surface area contributed by atoms with E-state index in [1.165, 1.54) is 5.56 Å². The van der Waals surface area contributed by atoms with Gasteiger partial charge in [-0.3, -0.25) is 4.98 Å². The summed E-state index contributed by atoms with van der Waals surface area (Å²) in [7, 11) is 0. The van der Waals surface area contributed by atoms with Crippen LogP contribution in [-0.4, -0.2) is 29.3 Å². The smallest absolute Gasteiger partial charge is 0.108 e. The zero-order valence-electron chi connectivity index (χ0n) is 15.6. The number of pyridine rings is 1. The Balaban J connectivity index is 1.59. The molecule has 0 radical (unpaired) electrons. The van der Waals surface area contributed by atoms with Crippen LogP contribution in [0.3, 0.4) is 0 Å². The number of aliphatic hydroxyl groups excluding tert-OH is 1. The van der Waals surface area contributed by atoms with Crippen molar-refractivity contribution in [3.63, 3.8) is 0 Å². The van der Waals surface area contributed by atoms with Crippen LogP contribution in [0.2, 0.25) is 0 Å². The average molecular weight is 362 g/mol. The van der Waals surface area contributed by atoms with Gasteiger partial charge in [0.2, 0.25) is 0 Å². The van der Waals surface area contributed by atoms with Crippen LogP contribution in [-0.2, 0) is 11.3 Å². The van der Waals surface area contributed by atoms with E-state index in [1.807, 2.05) is 48.5 Å². The highest BCUT2D eigenvalue weighted by atomic mass is 16.5. The molecule has 1 heterocycles. The molecule has 0 spiro atoms. The van der Waals surface area contributed by atoms with Crippen LogP contribution in [0.1, 0.15) is 28.5 Å². The number of rotatable bonds is 9. The molecule has 0 saturated heterocycles. The van der Waals surface area contributed by atoms with E-state index in [0.29, 0.717) is 13.1 Å². The minimum absolute atomic E-state index is 0.196. The quantitative estimate of drug-likeness (QED) is 0.610. The van der Waals surface area contributed by atoms with Crippen molar-refractivity contribution in [2.45, 2.75) is 25.7 Å². The molecule has 0 fully saturated rings. The van der Waals surface area contributed by atoms with Gasteiger partial charge in [-0.25, -0.2) is 0 Å². The highest BCUT2D eigenvalue weighted by molar-refractivity contribution is 5.35. The Kier molecular flexibility index (Phi) is 7.11. The van der Waals surface area contributed by atoms with Gasteiger partial charge in [-0.2, -0.15) is 0 Å². The minimum atomic E-state index is -0.594. The van der Waals surface area contributed by atoms with E-state index in [-0.39, 0.29) is 12.7 Å². The first kappa shape index (κ1) is 19.2. The van der Waals surface area contributed by atoms with Crippen molar-refractivity contribution in [1.29, 1.82) is 0 Å². The summed E-state index contributed by atoms with van der Waals surface area (Å²) in [5, 5.41) is 13.6. The summed E-state index contributed by atoms with van der Waals surface area (Å²) in [5.74, 6) is 0.